The van der Waals surface area contributed by atoms with Crippen LogP contribution in [0.4, 0.5) is 0 Å². The fraction of sp³-hybridized carbons (Fsp3) is 0.448. The van der Waals surface area contributed by atoms with Crippen molar-refractivity contribution >= 4 is 11.9 Å². The minimum absolute atomic E-state index is 0.100. The lowest BCUT2D eigenvalue weighted by Crippen LogP contribution is -3.61. The molecule has 0 N–H and O–H groups in total. The van der Waals surface area contributed by atoms with Gasteiger partial charge in [-0.2, -0.15) is 0 Å². The van der Waals surface area contributed by atoms with Crippen LogP contribution < -0.4 is 25.9 Å². The summed E-state index contributed by atoms with van der Waals surface area (Å²) >= 11 is -0.228. The van der Waals surface area contributed by atoms with Gasteiger partial charge in [0.2, 0.25) is 0 Å². The maximum absolute atomic E-state index is 12.8. The Balaban J connectivity index is 1.17. The van der Waals surface area contributed by atoms with Crippen LogP contribution in [0.15, 0.2) is 66.7 Å². The van der Waals surface area contributed by atoms with Crippen molar-refractivity contribution in [2.45, 2.75) is 57.2 Å². The van der Waals surface area contributed by atoms with Gasteiger partial charge in [0.1, 0.15) is 17.0 Å². The topological polar surface area (TPSA) is 61.8 Å². The summed E-state index contributed by atoms with van der Waals surface area (Å²) in [7, 11) is 0. The number of benzene rings is 2. The van der Waals surface area contributed by atoms with E-state index in [1.807, 2.05) is 18.2 Å². The van der Waals surface area contributed by atoms with Crippen molar-refractivity contribution in [2.75, 3.05) is 6.61 Å². The standard InChI is InChI=1S/C29H32IO5/c1-19(2)27(32)35-28(3)21-13-20-14-22(28)17-29(15-20,16-21)34-26(31)18-33-25-11-9-24(10-12-25)30-23-7-5-4-6-8-23/h4-12,20-22H,1,13-18H2,2-3H3/q+1. The molecule has 2 aromatic rings. The third-order valence-electron chi connectivity index (χ3n) is 7.87. The van der Waals surface area contributed by atoms with Gasteiger partial charge in [-0.25, -0.2) is 9.59 Å². The molecule has 0 spiro atoms. The van der Waals surface area contributed by atoms with Crippen molar-refractivity contribution in [3.05, 3.63) is 73.9 Å². The van der Waals surface area contributed by atoms with E-state index in [4.69, 9.17) is 14.2 Å². The van der Waals surface area contributed by atoms with Crippen LogP contribution in [0.1, 0.15) is 46.0 Å². The lowest BCUT2D eigenvalue weighted by atomic mass is 9.48. The molecule has 0 radical (unpaired) electrons. The van der Waals surface area contributed by atoms with E-state index < -0.39 is 11.2 Å². The summed E-state index contributed by atoms with van der Waals surface area (Å²) in [5.74, 6) is 0.938. The van der Waals surface area contributed by atoms with E-state index in [1.165, 1.54) is 7.14 Å². The van der Waals surface area contributed by atoms with Crippen LogP contribution in [-0.2, 0) is 19.1 Å². The molecule has 4 aliphatic rings. The Bertz CT molecular complexity index is 1090. The highest BCUT2D eigenvalue weighted by Gasteiger charge is 2.63. The minimum atomic E-state index is -0.510. The molecule has 5 nitrogen and oxygen atoms in total. The molecule has 0 amide bonds. The van der Waals surface area contributed by atoms with Gasteiger partial charge in [0.05, 0.1) is 0 Å². The van der Waals surface area contributed by atoms with E-state index in [9.17, 15) is 9.59 Å². The van der Waals surface area contributed by atoms with Gasteiger partial charge in [-0.3, -0.25) is 0 Å². The number of ether oxygens (including phenoxy) is 3. The molecule has 0 saturated heterocycles. The molecule has 4 aliphatic carbocycles. The summed E-state index contributed by atoms with van der Waals surface area (Å²) < 4.78 is 20.5. The molecular weight excluding hydrogens is 555 g/mol. The fourth-order valence-electron chi connectivity index (χ4n) is 6.30. The van der Waals surface area contributed by atoms with Crippen LogP contribution in [0.25, 0.3) is 0 Å². The molecule has 184 valence electrons. The van der Waals surface area contributed by atoms with Gasteiger partial charge in [-0.1, -0.05) is 24.8 Å². The summed E-state index contributed by atoms with van der Waals surface area (Å²) in [6.45, 7) is 7.38. The summed E-state index contributed by atoms with van der Waals surface area (Å²) in [4.78, 5) is 25.1. The lowest BCUT2D eigenvalue weighted by molar-refractivity contribution is -0.597. The Morgan fingerprint density at radius 3 is 2.20 bits per heavy atom. The minimum Gasteiger partial charge on any atom is -0.482 e. The van der Waals surface area contributed by atoms with Crippen molar-refractivity contribution in [3.63, 3.8) is 0 Å². The van der Waals surface area contributed by atoms with Gasteiger partial charge < -0.3 is 14.2 Å². The number of esters is 2. The Morgan fingerprint density at radius 2 is 1.57 bits per heavy atom. The number of carbonyl (C=O) groups excluding carboxylic acids is 2. The van der Waals surface area contributed by atoms with Crippen molar-refractivity contribution in [2.24, 2.45) is 17.8 Å². The average molecular weight is 587 g/mol. The molecule has 4 fully saturated rings. The smallest absolute Gasteiger partial charge is 0.357 e. The SMILES string of the molecule is C=C(C)C(=O)OC1(C)C2CC3CC1CC(OC(=O)COc1ccc([I+]c4ccccc4)cc1)(C3)C2. The average Bonchev–Trinajstić information content (AvgIpc) is 2.82. The molecule has 6 rings (SSSR count). The first-order chi connectivity index (χ1) is 16.7. The van der Waals surface area contributed by atoms with E-state index in [-0.39, 0.29) is 51.6 Å². The van der Waals surface area contributed by atoms with Crippen LogP contribution in [0, 0.1) is 24.9 Å². The van der Waals surface area contributed by atoms with Gasteiger partial charge in [0.15, 0.2) is 13.7 Å². The van der Waals surface area contributed by atoms with E-state index in [0.29, 0.717) is 17.2 Å². The summed E-state index contributed by atoms with van der Waals surface area (Å²) in [5, 5.41) is 0. The number of hydrogen-bond acceptors (Lipinski definition) is 5. The normalized spacial score (nSPS) is 30.5. The Kier molecular flexibility index (Phi) is 6.68. The molecule has 0 aliphatic heterocycles. The van der Waals surface area contributed by atoms with E-state index in [0.717, 1.165) is 32.1 Å². The van der Waals surface area contributed by atoms with Gasteiger partial charge in [-0.15, -0.1) is 0 Å². The first kappa shape index (κ1) is 24.3. The number of carbonyl (C=O) groups is 2. The molecule has 4 bridgehead atoms. The molecule has 0 heterocycles. The second-order valence-electron chi connectivity index (χ2n) is 10.5. The summed E-state index contributed by atoms with van der Waals surface area (Å²) in [6, 6.07) is 18.5. The fourth-order valence-corrected chi connectivity index (χ4v) is 8.52. The molecular formula is C29H32IO5+. The second kappa shape index (κ2) is 9.60. The van der Waals surface area contributed by atoms with Crippen molar-refractivity contribution < 1.29 is 45.0 Å². The molecule has 6 heteroatoms. The summed E-state index contributed by atoms with van der Waals surface area (Å²) in [5.41, 5.74) is -0.548. The zero-order valence-corrected chi connectivity index (χ0v) is 22.5. The van der Waals surface area contributed by atoms with Gasteiger partial charge in [-0.05, 0) is 88.3 Å². The van der Waals surface area contributed by atoms with E-state index >= 15 is 0 Å². The second-order valence-corrected chi connectivity index (χ2v) is 13.5. The first-order valence-corrected chi connectivity index (χ1v) is 14.4. The predicted octanol–water partition coefficient (Wildman–Crippen LogP) is 2.19. The highest BCUT2D eigenvalue weighted by atomic mass is 127. The highest BCUT2D eigenvalue weighted by Crippen LogP contribution is 2.62. The zero-order chi connectivity index (χ0) is 24.6. The van der Waals surface area contributed by atoms with E-state index in [1.54, 1.807) is 6.92 Å². The number of hydrogen-bond donors (Lipinski definition) is 0. The van der Waals surface area contributed by atoms with Crippen LogP contribution in [0.2, 0.25) is 0 Å². The van der Waals surface area contributed by atoms with Gasteiger partial charge >= 0.3 is 33.1 Å². The quantitative estimate of drug-likeness (QED) is 0.270. The largest absolute Gasteiger partial charge is 0.482 e. The molecule has 0 aromatic heterocycles. The number of halogens is 1. The van der Waals surface area contributed by atoms with Crippen molar-refractivity contribution in [1.29, 1.82) is 0 Å². The summed E-state index contributed by atoms with van der Waals surface area (Å²) in [6.07, 6.45) is 4.41. The third kappa shape index (κ3) is 5.13. The van der Waals surface area contributed by atoms with E-state index in [2.05, 4.69) is 49.9 Å². The molecule has 2 aromatic carbocycles. The Labute approximate surface area is 217 Å². The maximum atomic E-state index is 12.8. The van der Waals surface area contributed by atoms with Crippen LogP contribution >= 0.6 is 0 Å². The number of rotatable bonds is 8. The van der Waals surface area contributed by atoms with Crippen LogP contribution in [0.3, 0.4) is 0 Å². The molecule has 2 unspecified atom stereocenters. The van der Waals surface area contributed by atoms with Crippen molar-refractivity contribution in [1.82, 2.24) is 0 Å². The monoisotopic (exact) mass is 587 g/mol. The van der Waals surface area contributed by atoms with Crippen LogP contribution in [-0.4, -0.2) is 29.7 Å². The lowest BCUT2D eigenvalue weighted by Gasteiger charge is -2.62. The molecule has 4 saturated carbocycles. The zero-order valence-electron chi connectivity index (χ0n) is 20.3. The Morgan fingerprint density at radius 1 is 0.943 bits per heavy atom. The van der Waals surface area contributed by atoms with Crippen LogP contribution in [0.5, 0.6) is 5.75 Å². The molecule has 35 heavy (non-hydrogen) atoms. The third-order valence-corrected chi connectivity index (χ3v) is 10.6. The highest BCUT2D eigenvalue weighted by molar-refractivity contribution is 5.87. The Hall–Kier alpha value is -2.35. The van der Waals surface area contributed by atoms with Gasteiger partial charge in [0, 0.05) is 17.4 Å². The van der Waals surface area contributed by atoms with Gasteiger partial charge in [0.25, 0.3) is 0 Å². The molecule has 2 atom stereocenters. The maximum Gasteiger partial charge on any atom is 0.357 e. The van der Waals surface area contributed by atoms with Crippen molar-refractivity contribution in [3.8, 4) is 5.75 Å². The predicted molar refractivity (Wildman–Crippen MR) is 127 cm³/mol. The first-order valence-electron chi connectivity index (χ1n) is 12.3.